The number of H-pyrrole nitrogens is 1. The van der Waals surface area contributed by atoms with Gasteiger partial charge in [0.05, 0.1) is 12.7 Å². The Labute approximate surface area is 235 Å². The fraction of sp³-hybridized carbons (Fsp3) is 0.323. The Bertz CT molecular complexity index is 1440. The molecule has 0 saturated heterocycles. The van der Waals surface area contributed by atoms with Crippen molar-refractivity contribution in [2.45, 2.75) is 27.7 Å². The zero-order chi connectivity index (χ0) is 29.6. The van der Waals surface area contributed by atoms with Gasteiger partial charge in [-0.15, -0.1) is 0 Å². The minimum absolute atomic E-state index is 0.215. The number of likely N-dealkylation sites (N-methyl/N-ethyl adjacent to an activating group) is 1. The van der Waals surface area contributed by atoms with Gasteiger partial charge in [-0.1, -0.05) is 32.1 Å². The Morgan fingerprint density at radius 1 is 1.07 bits per heavy atom. The lowest BCUT2D eigenvalue weighted by Gasteiger charge is -2.15. The van der Waals surface area contributed by atoms with Crippen LogP contribution >= 0.6 is 0 Å². The summed E-state index contributed by atoms with van der Waals surface area (Å²) < 4.78 is 5.57. The summed E-state index contributed by atoms with van der Waals surface area (Å²) in [6.07, 6.45) is 3.31. The van der Waals surface area contributed by atoms with Gasteiger partial charge in [0.1, 0.15) is 11.4 Å². The number of hydrogen-bond donors (Lipinski definition) is 4. The summed E-state index contributed by atoms with van der Waals surface area (Å²) >= 11 is 0. The Morgan fingerprint density at radius 3 is 2.40 bits per heavy atom. The maximum absolute atomic E-state index is 12.8. The number of nitrogens with zero attached hydrogens (tertiary/aromatic N) is 1. The molecule has 212 valence electrons. The number of carbonyl (C=O) groups is 3. The molecule has 0 aliphatic rings. The molecule has 0 bridgehead atoms. The van der Waals surface area contributed by atoms with Gasteiger partial charge in [-0.3, -0.25) is 14.4 Å². The summed E-state index contributed by atoms with van der Waals surface area (Å²) in [6, 6.07) is 10.8. The van der Waals surface area contributed by atoms with E-state index in [1.165, 1.54) is 13.2 Å². The van der Waals surface area contributed by atoms with Crippen molar-refractivity contribution in [3.8, 4) is 28.0 Å². The number of nitrogens with one attached hydrogen (secondary N) is 3. The van der Waals surface area contributed by atoms with Crippen LogP contribution in [0.5, 0.6) is 5.75 Å². The minimum Gasteiger partial charge on any atom is -0.496 e. The summed E-state index contributed by atoms with van der Waals surface area (Å²) in [7, 11) is 5.37. The number of amides is 3. The molecule has 0 aliphatic heterocycles. The molecular weight excluding hydrogens is 506 g/mol. The van der Waals surface area contributed by atoms with E-state index in [-0.39, 0.29) is 17.5 Å². The molecule has 0 saturated carbocycles. The summed E-state index contributed by atoms with van der Waals surface area (Å²) in [6.45, 7) is 9.06. The molecule has 0 atom stereocenters. The molecule has 3 aromatic rings. The second-order valence-electron chi connectivity index (χ2n) is 10.4. The zero-order valence-corrected chi connectivity index (χ0v) is 24.3. The van der Waals surface area contributed by atoms with Gasteiger partial charge >= 0.3 is 0 Å². The predicted octanol–water partition coefficient (Wildman–Crippen LogP) is 4.52. The van der Waals surface area contributed by atoms with E-state index in [0.717, 1.165) is 22.4 Å². The van der Waals surface area contributed by atoms with Crippen LogP contribution in [-0.4, -0.2) is 61.9 Å². The lowest BCUT2D eigenvalue weighted by atomic mass is 9.91. The van der Waals surface area contributed by atoms with Crippen LogP contribution in [0.25, 0.3) is 22.3 Å². The summed E-state index contributed by atoms with van der Waals surface area (Å²) in [5, 5.41) is 5.80. The topological polar surface area (TPSA) is 130 Å². The second-order valence-corrected chi connectivity index (χ2v) is 10.4. The van der Waals surface area contributed by atoms with E-state index in [1.807, 2.05) is 64.9 Å². The SMILES string of the molecule is COc1cc(-c2c(C(N)=O)[nH]c(C)c2-c2ccc(NC(=O)/C=C/CN(C)C)cc2C)ccc1C(=O)NCC(C)C. The predicted molar refractivity (Wildman–Crippen MR) is 160 cm³/mol. The van der Waals surface area contributed by atoms with Gasteiger partial charge in [-0.05, 0) is 74.8 Å². The normalized spacial score (nSPS) is 11.3. The third kappa shape index (κ3) is 7.18. The first-order valence-electron chi connectivity index (χ1n) is 13.1. The highest BCUT2D eigenvalue weighted by Gasteiger charge is 2.24. The van der Waals surface area contributed by atoms with Crippen molar-refractivity contribution >= 4 is 23.4 Å². The van der Waals surface area contributed by atoms with E-state index in [0.29, 0.717) is 47.1 Å². The van der Waals surface area contributed by atoms with Gasteiger partial charge < -0.3 is 31.0 Å². The number of aryl methyl sites for hydroxylation is 2. The van der Waals surface area contributed by atoms with Crippen LogP contribution in [-0.2, 0) is 4.79 Å². The Hall–Kier alpha value is -4.37. The number of aromatic amines is 1. The first-order valence-corrected chi connectivity index (χ1v) is 13.1. The largest absolute Gasteiger partial charge is 0.496 e. The van der Waals surface area contributed by atoms with Crippen LogP contribution in [0.1, 0.15) is 46.0 Å². The number of anilines is 1. The van der Waals surface area contributed by atoms with Crippen LogP contribution in [0, 0.1) is 19.8 Å². The number of carbonyl (C=O) groups excluding carboxylic acids is 3. The van der Waals surface area contributed by atoms with Crippen LogP contribution in [0.15, 0.2) is 48.6 Å². The Balaban J connectivity index is 2.04. The number of rotatable bonds is 11. The van der Waals surface area contributed by atoms with Crippen molar-refractivity contribution in [2.24, 2.45) is 11.7 Å². The average molecular weight is 546 g/mol. The molecule has 0 aliphatic carbocycles. The average Bonchev–Trinajstić information content (AvgIpc) is 3.23. The van der Waals surface area contributed by atoms with Crippen molar-refractivity contribution in [1.29, 1.82) is 0 Å². The maximum Gasteiger partial charge on any atom is 0.265 e. The Morgan fingerprint density at radius 2 is 1.80 bits per heavy atom. The fourth-order valence-electron chi connectivity index (χ4n) is 4.44. The number of aromatic nitrogens is 1. The van der Waals surface area contributed by atoms with Gasteiger partial charge in [-0.2, -0.15) is 0 Å². The summed E-state index contributed by atoms with van der Waals surface area (Å²) in [4.78, 5) is 42.7. The van der Waals surface area contributed by atoms with Crippen LogP contribution < -0.4 is 21.1 Å². The molecule has 3 rings (SSSR count). The molecule has 1 aromatic heterocycles. The van der Waals surface area contributed by atoms with Crippen molar-refractivity contribution in [2.75, 3.05) is 39.6 Å². The van der Waals surface area contributed by atoms with Gasteiger partial charge in [0.25, 0.3) is 11.8 Å². The molecular formula is C31H39N5O4. The number of hydrogen-bond acceptors (Lipinski definition) is 5. The van der Waals surface area contributed by atoms with Crippen molar-refractivity contribution in [3.05, 3.63) is 71.1 Å². The standard InChI is InChI=1S/C31H39N5O4/c1-18(2)17-33-31(39)24-12-10-21(16-25(24)40-7)28-27(20(4)34-29(28)30(32)38)23-13-11-22(15-19(23)3)35-26(37)9-8-14-36(5)6/h8-13,15-16,18,34H,14,17H2,1-7H3,(H2,32,38)(H,33,39)(H,35,37)/b9-8+. The second kappa shape index (κ2) is 13.1. The first kappa shape index (κ1) is 30.2. The molecule has 0 spiro atoms. The van der Waals surface area contributed by atoms with Gasteiger partial charge in [0.2, 0.25) is 5.91 Å². The van der Waals surface area contributed by atoms with Crippen molar-refractivity contribution < 1.29 is 19.1 Å². The van der Waals surface area contributed by atoms with E-state index in [2.05, 4.69) is 15.6 Å². The third-order valence-electron chi connectivity index (χ3n) is 6.34. The number of methoxy groups -OCH3 is 1. The van der Waals surface area contributed by atoms with Crippen LogP contribution in [0.2, 0.25) is 0 Å². The van der Waals surface area contributed by atoms with Gasteiger partial charge in [-0.25, -0.2) is 0 Å². The molecule has 40 heavy (non-hydrogen) atoms. The highest BCUT2D eigenvalue weighted by atomic mass is 16.5. The highest BCUT2D eigenvalue weighted by molar-refractivity contribution is 6.05. The highest BCUT2D eigenvalue weighted by Crippen LogP contribution is 2.41. The van der Waals surface area contributed by atoms with E-state index in [1.54, 1.807) is 24.3 Å². The molecule has 5 N–H and O–H groups in total. The Kier molecular flexibility index (Phi) is 9.90. The fourth-order valence-corrected chi connectivity index (χ4v) is 4.44. The summed E-state index contributed by atoms with van der Waals surface area (Å²) in [5.41, 5.74) is 11.7. The van der Waals surface area contributed by atoms with Crippen LogP contribution in [0.3, 0.4) is 0 Å². The molecule has 0 fully saturated rings. The lowest BCUT2D eigenvalue weighted by molar-refractivity contribution is -0.111. The van der Waals surface area contributed by atoms with Gasteiger partial charge in [0, 0.05) is 41.7 Å². The van der Waals surface area contributed by atoms with E-state index in [4.69, 9.17) is 10.5 Å². The number of ether oxygens (including phenoxy) is 1. The monoisotopic (exact) mass is 545 g/mol. The third-order valence-corrected chi connectivity index (χ3v) is 6.34. The summed E-state index contributed by atoms with van der Waals surface area (Å²) in [5.74, 6) is -0.361. The molecule has 2 aromatic carbocycles. The van der Waals surface area contributed by atoms with Gasteiger partial charge in [0.15, 0.2) is 0 Å². The van der Waals surface area contributed by atoms with E-state index in [9.17, 15) is 14.4 Å². The number of primary amides is 1. The minimum atomic E-state index is -0.604. The lowest BCUT2D eigenvalue weighted by Crippen LogP contribution is -2.27. The quantitative estimate of drug-likeness (QED) is 0.263. The number of benzene rings is 2. The zero-order valence-electron chi connectivity index (χ0n) is 24.3. The molecule has 0 radical (unpaired) electrons. The maximum atomic E-state index is 12.8. The van der Waals surface area contributed by atoms with E-state index < -0.39 is 5.91 Å². The van der Waals surface area contributed by atoms with Crippen LogP contribution in [0.4, 0.5) is 5.69 Å². The molecule has 1 heterocycles. The molecule has 3 amide bonds. The first-order chi connectivity index (χ1) is 18.9. The van der Waals surface area contributed by atoms with E-state index >= 15 is 0 Å². The molecule has 9 nitrogen and oxygen atoms in total. The number of nitrogens with two attached hydrogens (primary N) is 1. The molecule has 0 unspecified atom stereocenters. The molecule has 9 heteroatoms. The van der Waals surface area contributed by atoms with Crippen molar-refractivity contribution in [1.82, 2.24) is 15.2 Å². The smallest absolute Gasteiger partial charge is 0.265 e. The van der Waals surface area contributed by atoms with Crippen molar-refractivity contribution in [3.63, 3.8) is 0 Å².